The molecule has 0 saturated carbocycles. The minimum absolute atomic E-state index is 0.00703. The molecule has 9 heteroatoms. The van der Waals surface area contributed by atoms with Gasteiger partial charge in [-0.2, -0.15) is 4.31 Å². The first-order valence-electron chi connectivity index (χ1n) is 10.9. The maximum absolute atomic E-state index is 13.1. The van der Waals surface area contributed by atoms with Gasteiger partial charge in [-0.3, -0.25) is 4.79 Å². The number of anilines is 1. The third-order valence-electron chi connectivity index (χ3n) is 5.92. The number of carbonyl (C=O) groups is 1. The number of fused-ring (bicyclic) bond motifs is 1. The number of nitrogens with one attached hydrogen (secondary N) is 1. The molecule has 2 N–H and O–H groups in total. The maximum atomic E-state index is 13.1. The van der Waals surface area contributed by atoms with Gasteiger partial charge in [-0.1, -0.05) is 29.8 Å². The maximum Gasteiger partial charge on any atom is 0.243 e. The molecule has 1 unspecified atom stereocenters. The van der Waals surface area contributed by atoms with E-state index < -0.39 is 22.0 Å². The molecule has 0 spiro atoms. The number of nitrogens with zero attached hydrogens (tertiary/aromatic N) is 2. The van der Waals surface area contributed by atoms with Gasteiger partial charge in [-0.25, -0.2) is 13.4 Å². The Morgan fingerprint density at radius 2 is 1.88 bits per heavy atom. The van der Waals surface area contributed by atoms with Gasteiger partial charge >= 0.3 is 0 Å². The normalized spacial score (nSPS) is 16.7. The van der Waals surface area contributed by atoms with Crippen LogP contribution in [0.15, 0.2) is 71.6 Å². The van der Waals surface area contributed by atoms with E-state index in [0.717, 1.165) is 15.8 Å². The van der Waals surface area contributed by atoms with Crippen LogP contribution in [0.5, 0.6) is 5.75 Å². The molecule has 1 atom stereocenters. The first-order chi connectivity index (χ1) is 16.3. The van der Waals surface area contributed by atoms with Crippen molar-refractivity contribution in [3.8, 4) is 16.3 Å². The quantitative estimate of drug-likeness (QED) is 0.417. The summed E-state index contributed by atoms with van der Waals surface area (Å²) in [5.74, 6) is -0.423. The summed E-state index contributed by atoms with van der Waals surface area (Å²) in [5.41, 5.74) is 2.79. The van der Waals surface area contributed by atoms with E-state index >= 15 is 0 Å². The van der Waals surface area contributed by atoms with Crippen LogP contribution in [0.1, 0.15) is 18.4 Å². The van der Waals surface area contributed by atoms with Crippen LogP contribution in [0.4, 0.5) is 5.69 Å². The number of thiazole rings is 1. The predicted molar refractivity (Wildman–Crippen MR) is 133 cm³/mol. The number of aromatic hydroxyl groups is 1. The number of amides is 1. The summed E-state index contributed by atoms with van der Waals surface area (Å²) in [4.78, 5) is 17.8. The second-order valence-electron chi connectivity index (χ2n) is 8.29. The van der Waals surface area contributed by atoms with Crippen LogP contribution in [-0.4, -0.2) is 41.3 Å². The van der Waals surface area contributed by atoms with Crippen LogP contribution < -0.4 is 5.32 Å². The number of benzene rings is 3. The van der Waals surface area contributed by atoms with Gasteiger partial charge < -0.3 is 10.4 Å². The van der Waals surface area contributed by atoms with Gasteiger partial charge in [0, 0.05) is 18.3 Å². The Balaban J connectivity index is 1.35. The van der Waals surface area contributed by atoms with Gasteiger partial charge in [0.1, 0.15) is 16.8 Å². The van der Waals surface area contributed by atoms with Crippen molar-refractivity contribution >= 4 is 43.2 Å². The number of hydrogen-bond acceptors (Lipinski definition) is 6. The highest BCUT2D eigenvalue weighted by Gasteiger charge is 2.39. The molecular formula is C25H23N3O4S2. The van der Waals surface area contributed by atoms with Crippen LogP contribution in [0.2, 0.25) is 0 Å². The summed E-state index contributed by atoms with van der Waals surface area (Å²) < 4.78 is 28.6. The summed E-state index contributed by atoms with van der Waals surface area (Å²) in [5, 5.41) is 14.1. The molecule has 0 aliphatic carbocycles. The van der Waals surface area contributed by atoms with Crippen molar-refractivity contribution in [1.29, 1.82) is 0 Å². The van der Waals surface area contributed by atoms with E-state index in [1.54, 1.807) is 36.4 Å². The number of phenolic OH excluding ortho intramolecular Hbond substituents is 1. The average Bonchev–Trinajstić information content (AvgIpc) is 3.47. The van der Waals surface area contributed by atoms with Gasteiger partial charge in [0.15, 0.2) is 0 Å². The lowest BCUT2D eigenvalue weighted by atomic mass is 10.1. The van der Waals surface area contributed by atoms with Crippen molar-refractivity contribution in [1.82, 2.24) is 9.29 Å². The summed E-state index contributed by atoms with van der Waals surface area (Å²) >= 11 is 1.47. The van der Waals surface area contributed by atoms with E-state index in [1.807, 2.05) is 31.2 Å². The Labute approximate surface area is 201 Å². The molecule has 1 aliphatic rings. The molecule has 34 heavy (non-hydrogen) atoms. The standard InChI is InChI=1S/C25H23N3O4S2/c1-16-8-11-18(12-9-16)34(31,32)28-14-4-6-21(28)24(30)26-17-10-13-19(22(29)15-17)25-27-20-5-2-3-7-23(20)33-25/h2-3,5,7-13,15,21,29H,4,6,14H2,1H3,(H,26,30). The van der Waals surface area contributed by atoms with E-state index in [1.165, 1.54) is 21.7 Å². The molecule has 7 nitrogen and oxygen atoms in total. The van der Waals surface area contributed by atoms with E-state index in [2.05, 4.69) is 10.3 Å². The lowest BCUT2D eigenvalue weighted by Gasteiger charge is -2.23. The summed E-state index contributed by atoms with van der Waals surface area (Å²) in [6, 6.07) is 18.4. The number of phenols is 1. The van der Waals surface area contributed by atoms with Crippen molar-refractivity contribution in [2.75, 3.05) is 11.9 Å². The van der Waals surface area contributed by atoms with Crippen LogP contribution in [-0.2, 0) is 14.8 Å². The summed E-state index contributed by atoms with van der Waals surface area (Å²) in [6.45, 7) is 2.18. The van der Waals surface area contributed by atoms with E-state index in [9.17, 15) is 18.3 Å². The predicted octanol–water partition coefficient (Wildman–Crippen LogP) is 4.77. The van der Waals surface area contributed by atoms with Crippen LogP contribution in [0, 0.1) is 6.92 Å². The lowest BCUT2D eigenvalue weighted by Crippen LogP contribution is -2.43. The number of rotatable bonds is 5. The van der Waals surface area contributed by atoms with E-state index in [-0.39, 0.29) is 17.2 Å². The van der Waals surface area contributed by atoms with Crippen LogP contribution in [0.25, 0.3) is 20.8 Å². The van der Waals surface area contributed by atoms with Gasteiger partial charge in [-0.15, -0.1) is 11.3 Å². The summed E-state index contributed by atoms with van der Waals surface area (Å²) in [7, 11) is -3.79. The van der Waals surface area contributed by atoms with Gasteiger partial charge in [-0.05, 0) is 56.2 Å². The molecule has 1 amide bonds. The smallest absolute Gasteiger partial charge is 0.243 e. The third-order valence-corrected chi connectivity index (χ3v) is 8.92. The second-order valence-corrected chi connectivity index (χ2v) is 11.2. The van der Waals surface area contributed by atoms with Gasteiger partial charge in [0.05, 0.1) is 20.7 Å². The summed E-state index contributed by atoms with van der Waals surface area (Å²) in [6.07, 6.45) is 1.04. The highest BCUT2D eigenvalue weighted by Crippen LogP contribution is 2.37. The topological polar surface area (TPSA) is 99.6 Å². The number of hydrogen-bond donors (Lipinski definition) is 2. The highest BCUT2D eigenvalue weighted by atomic mass is 32.2. The zero-order chi connectivity index (χ0) is 23.9. The highest BCUT2D eigenvalue weighted by molar-refractivity contribution is 7.89. The minimum atomic E-state index is -3.79. The molecular weight excluding hydrogens is 470 g/mol. The molecule has 0 radical (unpaired) electrons. The fourth-order valence-electron chi connectivity index (χ4n) is 4.14. The molecule has 1 saturated heterocycles. The van der Waals surface area contributed by atoms with Crippen LogP contribution >= 0.6 is 11.3 Å². The zero-order valence-electron chi connectivity index (χ0n) is 18.4. The first kappa shape index (κ1) is 22.5. The minimum Gasteiger partial charge on any atom is -0.507 e. The average molecular weight is 494 g/mol. The molecule has 4 aromatic rings. The molecule has 174 valence electrons. The number of sulfonamides is 1. The number of aromatic nitrogens is 1. The number of aryl methyl sites for hydroxylation is 1. The first-order valence-corrected chi connectivity index (χ1v) is 13.2. The van der Waals surface area contributed by atoms with Crippen molar-refractivity contribution in [2.24, 2.45) is 0 Å². The Hall–Kier alpha value is -3.27. The molecule has 3 aromatic carbocycles. The van der Waals surface area contributed by atoms with Gasteiger partial charge in [0.25, 0.3) is 0 Å². The Morgan fingerprint density at radius 1 is 1.12 bits per heavy atom. The van der Waals surface area contributed by atoms with Crippen molar-refractivity contribution in [3.63, 3.8) is 0 Å². The monoisotopic (exact) mass is 493 g/mol. The van der Waals surface area contributed by atoms with Crippen molar-refractivity contribution < 1.29 is 18.3 Å². The lowest BCUT2D eigenvalue weighted by molar-refractivity contribution is -0.119. The van der Waals surface area contributed by atoms with Crippen molar-refractivity contribution in [3.05, 3.63) is 72.3 Å². The Bertz CT molecular complexity index is 1450. The molecule has 1 fully saturated rings. The SMILES string of the molecule is Cc1ccc(S(=O)(=O)N2CCCC2C(=O)Nc2ccc(-c3nc4ccccc4s3)c(O)c2)cc1. The van der Waals surface area contributed by atoms with E-state index in [0.29, 0.717) is 29.1 Å². The Morgan fingerprint density at radius 3 is 2.62 bits per heavy atom. The zero-order valence-corrected chi connectivity index (χ0v) is 20.1. The largest absolute Gasteiger partial charge is 0.507 e. The van der Waals surface area contributed by atoms with Crippen molar-refractivity contribution in [2.45, 2.75) is 30.7 Å². The van der Waals surface area contributed by atoms with Crippen LogP contribution in [0.3, 0.4) is 0 Å². The fraction of sp³-hybridized carbons (Fsp3) is 0.200. The third kappa shape index (κ3) is 4.18. The molecule has 5 rings (SSSR count). The molecule has 1 aliphatic heterocycles. The fourth-order valence-corrected chi connectivity index (χ4v) is 6.79. The van der Waals surface area contributed by atoms with Gasteiger partial charge in [0.2, 0.25) is 15.9 Å². The Kier molecular flexibility index (Phi) is 5.85. The van der Waals surface area contributed by atoms with E-state index in [4.69, 9.17) is 0 Å². The number of para-hydroxylation sites is 1. The number of carbonyl (C=O) groups excluding carboxylic acids is 1. The molecule has 0 bridgehead atoms. The molecule has 1 aromatic heterocycles. The molecule has 2 heterocycles. The second kappa shape index (κ2) is 8.83.